The number of allylic oxidation sites excluding steroid dienone is 2. The molecule has 6 heteroatoms. The SMILES string of the molecule is COc1ccccc1[C@H]1C2=C(CCCC2=O)Nc2nc(-c3cccc(C)c3)nn21. The van der Waals surface area contributed by atoms with Gasteiger partial charge in [-0.25, -0.2) is 4.68 Å². The number of ketones is 1. The lowest BCUT2D eigenvalue weighted by atomic mass is 9.85. The molecule has 29 heavy (non-hydrogen) atoms. The van der Waals surface area contributed by atoms with Crippen molar-refractivity contribution in [2.24, 2.45) is 0 Å². The van der Waals surface area contributed by atoms with Crippen molar-refractivity contribution >= 4 is 11.7 Å². The van der Waals surface area contributed by atoms with Crippen LogP contribution in [0.5, 0.6) is 5.75 Å². The first-order chi connectivity index (χ1) is 14.2. The van der Waals surface area contributed by atoms with Gasteiger partial charge in [0.15, 0.2) is 11.6 Å². The maximum atomic E-state index is 12.9. The van der Waals surface area contributed by atoms with Gasteiger partial charge in [0.05, 0.1) is 7.11 Å². The van der Waals surface area contributed by atoms with Crippen LogP contribution in [0.4, 0.5) is 5.95 Å². The second-order valence-corrected chi connectivity index (χ2v) is 7.51. The average Bonchev–Trinajstić information content (AvgIpc) is 3.16. The first kappa shape index (κ1) is 17.7. The number of methoxy groups -OCH3 is 1. The Morgan fingerprint density at radius 2 is 2.00 bits per heavy atom. The minimum atomic E-state index is -0.351. The van der Waals surface area contributed by atoms with E-state index in [4.69, 9.17) is 14.8 Å². The van der Waals surface area contributed by atoms with E-state index >= 15 is 0 Å². The van der Waals surface area contributed by atoms with Gasteiger partial charge in [-0.2, -0.15) is 4.98 Å². The number of aryl methyl sites for hydroxylation is 1. The number of carbonyl (C=O) groups excluding carboxylic acids is 1. The average molecular weight is 386 g/mol. The number of Topliss-reactive ketones (excluding diaryl/α,β-unsaturated/α-hetero) is 1. The van der Waals surface area contributed by atoms with Gasteiger partial charge in [-0.05, 0) is 31.9 Å². The molecule has 0 saturated carbocycles. The molecule has 6 nitrogen and oxygen atoms in total. The molecule has 0 unspecified atom stereocenters. The molecule has 1 aliphatic carbocycles. The summed E-state index contributed by atoms with van der Waals surface area (Å²) >= 11 is 0. The van der Waals surface area contributed by atoms with E-state index in [1.54, 1.807) is 7.11 Å². The Balaban J connectivity index is 1.71. The number of hydrogen-bond donors (Lipinski definition) is 1. The predicted molar refractivity (Wildman–Crippen MR) is 111 cm³/mol. The summed E-state index contributed by atoms with van der Waals surface area (Å²) in [6, 6.07) is 15.6. The Bertz CT molecular complexity index is 1150. The number of aromatic nitrogens is 3. The van der Waals surface area contributed by atoms with E-state index in [1.165, 1.54) is 0 Å². The van der Waals surface area contributed by atoms with Crippen LogP contribution >= 0.6 is 0 Å². The number of rotatable bonds is 3. The van der Waals surface area contributed by atoms with Crippen LogP contribution < -0.4 is 10.1 Å². The molecule has 2 aromatic carbocycles. The number of carbonyl (C=O) groups is 1. The van der Waals surface area contributed by atoms with Crippen molar-refractivity contribution in [1.29, 1.82) is 0 Å². The third-order valence-electron chi connectivity index (χ3n) is 5.58. The molecule has 0 spiro atoms. The molecule has 1 N–H and O–H groups in total. The highest BCUT2D eigenvalue weighted by Gasteiger charge is 2.38. The number of hydrogen-bond acceptors (Lipinski definition) is 5. The van der Waals surface area contributed by atoms with E-state index in [2.05, 4.69) is 11.4 Å². The smallest absolute Gasteiger partial charge is 0.226 e. The molecule has 2 aliphatic rings. The summed E-state index contributed by atoms with van der Waals surface area (Å²) in [6.45, 7) is 2.05. The first-order valence-electron chi connectivity index (χ1n) is 9.85. The molecule has 0 saturated heterocycles. The van der Waals surface area contributed by atoms with Crippen molar-refractivity contribution in [3.05, 3.63) is 70.9 Å². The summed E-state index contributed by atoms with van der Waals surface area (Å²) in [5, 5.41) is 8.20. The normalized spacial score (nSPS) is 18.1. The monoisotopic (exact) mass is 386 g/mol. The Morgan fingerprint density at radius 1 is 1.14 bits per heavy atom. The molecule has 0 radical (unpaired) electrons. The second-order valence-electron chi connectivity index (χ2n) is 7.51. The number of ether oxygens (including phenoxy) is 1. The summed E-state index contributed by atoms with van der Waals surface area (Å²) in [6.07, 6.45) is 2.24. The van der Waals surface area contributed by atoms with Gasteiger partial charge in [0, 0.05) is 28.8 Å². The molecule has 146 valence electrons. The Labute approximate surface area is 169 Å². The van der Waals surface area contributed by atoms with E-state index in [-0.39, 0.29) is 11.8 Å². The van der Waals surface area contributed by atoms with Crippen LogP contribution in [-0.2, 0) is 4.79 Å². The molecule has 1 aliphatic heterocycles. The van der Waals surface area contributed by atoms with E-state index in [0.717, 1.165) is 46.6 Å². The zero-order chi connectivity index (χ0) is 20.0. The third kappa shape index (κ3) is 2.92. The number of fused-ring (bicyclic) bond motifs is 1. The molecule has 2 heterocycles. The number of nitrogens with zero attached hydrogens (tertiary/aromatic N) is 3. The molecule has 0 bridgehead atoms. The van der Waals surface area contributed by atoms with Gasteiger partial charge in [0.2, 0.25) is 5.95 Å². The van der Waals surface area contributed by atoms with Crippen molar-refractivity contribution in [2.75, 3.05) is 12.4 Å². The van der Waals surface area contributed by atoms with E-state index < -0.39 is 0 Å². The largest absolute Gasteiger partial charge is 0.496 e. The molecule has 1 aromatic heterocycles. The Kier molecular flexibility index (Phi) is 4.19. The van der Waals surface area contributed by atoms with Gasteiger partial charge in [-0.3, -0.25) is 4.79 Å². The van der Waals surface area contributed by atoms with Crippen molar-refractivity contribution < 1.29 is 9.53 Å². The predicted octanol–water partition coefficient (Wildman–Crippen LogP) is 4.28. The van der Waals surface area contributed by atoms with E-state index in [9.17, 15) is 4.79 Å². The lowest BCUT2D eigenvalue weighted by molar-refractivity contribution is -0.116. The summed E-state index contributed by atoms with van der Waals surface area (Å²) in [5.41, 5.74) is 4.75. The highest BCUT2D eigenvalue weighted by atomic mass is 16.5. The summed E-state index contributed by atoms with van der Waals surface area (Å²) < 4.78 is 7.45. The first-order valence-corrected chi connectivity index (χ1v) is 9.85. The maximum Gasteiger partial charge on any atom is 0.226 e. The number of anilines is 1. The second kappa shape index (κ2) is 6.88. The van der Waals surface area contributed by atoms with Crippen LogP contribution in [0.3, 0.4) is 0 Å². The Hall–Kier alpha value is -3.41. The van der Waals surface area contributed by atoms with Crippen molar-refractivity contribution in [3.8, 4) is 17.1 Å². The van der Waals surface area contributed by atoms with Crippen LogP contribution in [0.1, 0.15) is 36.4 Å². The lowest BCUT2D eigenvalue weighted by Gasteiger charge is -2.32. The van der Waals surface area contributed by atoms with Crippen LogP contribution in [-0.4, -0.2) is 27.7 Å². The quantitative estimate of drug-likeness (QED) is 0.727. The van der Waals surface area contributed by atoms with Gasteiger partial charge in [-0.15, -0.1) is 5.10 Å². The molecule has 5 rings (SSSR count). The molecule has 0 fully saturated rings. The standard InChI is InChI=1S/C23H22N4O2/c1-14-7-5-8-15(13-14)22-25-23-24-17-10-6-11-18(28)20(17)21(27(23)26-22)16-9-3-4-12-19(16)29-2/h3-5,7-9,12-13,21H,6,10-11H2,1-2H3,(H,24,25,26)/t21-/m0/s1. The molecular formula is C23H22N4O2. The molecule has 3 aromatic rings. The number of para-hydroxylation sites is 1. The zero-order valence-corrected chi connectivity index (χ0v) is 16.5. The maximum absolute atomic E-state index is 12.9. The van der Waals surface area contributed by atoms with Gasteiger partial charge >= 0.3 is 0 Å². The molecule has 1 atom stereocenters. The van der Waals surface area contributed by atoms with Crippen LogP contribution in [0.25, 0.3) is 11.4 Å². The minimum absolute atomic E-state index is 0.160. The van der Waals surface area contributed by atoms with Crippen LogP contribution in [0.15, 0.2) is 59.8 Å². The summed E-state index contributed by atoms with van der Waals surface area (Å²) in [4.78, 5) is 17.7. The van der Waals surface area contributed by atoms with Crippen LogP contribution in [0.2, 0.25) is 0 Å². The summed E-state index contributed by atoms with van der Waals surface area (Å²) in [5.74, 6) is 2.20. The Morgan fingerprint density at radius 3 is 2.83 bits per heavy atom. The fourth-order valence-electron chi connectivity index (χ4n) is 4.24. The number of benzene rings is 2. The third-order valence-corrected chi connectivity index (χ3v) is 5.58. The highest BCUT2D eigenvalue weighted by molar-refractivity contribution is 5.99. The fourth-order valence-corrected chi connectivity index (χ4v) is 4.24. The topological polar surface area (TPSA) is 69.0 Å². The summed E-state index contributed by atoms with van der Waals surface area (Å²) in [7, 11) is 1.65. The zero-order valence-electron chi connectivity index (χ0n) is 16.5. The molecular weight excluding hydrogens is 364 g/mol. The van der Waals surface area contributed by atoms with Gasteiger partial charge in [0.1, 0.15) is 11.8 Å². The van der Waals surface area contributed by atoms with E-state index in [0.29, 0.717) is 18.2 Å². The van der Waals surface area contributed by atoms with Gasteiger partial charge < -0.3 is 10.1 Å². The van der Waals surface area contributed by atoms with Crippen molar-refractivity contribution in [2.45, 2.75) is 32.2 Å². The minimum Gasteiger partial charge on any atom is -0.496 e. The van der Waals surface area contributed by atoms with Gasteiger partial charge in [-0.1, -0.05) is 42.0 Å². The van der Waals surface area contributed by atoms with Crippen molar-refractivity contribution in [1.82, 2.24) is 14.8 Å². The molecule has 0 amide bonds. The number of nitrogens with one attached hydrogen (secondary N) is 1. The highest BCUT2D eigenvalue weighted by Crippen LogP contribution is 2.43. The fraction of sp³-hybridized carbons (Fsp3) is 0.261. The van der Waals surface area contributed by atoms with E-state index in [1.807, 2.05) is 54.1 Å². The lowest BCUT2D eigenvalue weighted by Crippen LogP contribution is -2.31. The van der Waals surface area contributed by atoms with Gasteiger partial charge in [0.25, 0.3) is 0 Å². The van der Waals surface area contributed by atoms with Crippen LogP contribution in [0, 0.1) is 6.92 Å². The van der Waals surface area contributed by atoms with Crippen molar-refractivity contribution in [3.63, 3.8) is 0 Å².